The van der Waals surface area contributed by atoms with Crippen molar-refractivity contribution in [3.63, 3.8) is 0 Å². The molecule has 0 unspecified atom stereocenters. The third-order valence-corrected chi connectivity index (χ3v) is 2.55. The van der Waals surface area contributed by atoms with Crippen LogP contribution in [0.3, 0.4) is 0 Å². The molecule has 0 aliphatic rings. The van der Waals surface area contributed by atoms with Crippen LogP contribution in [0.1, 0.15) is 38.4 Å². The fourth-order valence-corrected chi connectivity index (χ4v) is 1.53. The normalized spacial score (nSPS) is 11.3. The topological polar surface area (TPSA) is 65.8 Å². The number of hydrogen-bond acceptors (Lipinski definition) is 4. The maximum Gasteiger partial charge on any atom is 0.328 e. The van der Waals surface area contributed by atoms with Crippen LogP contribution in [0, 0.1) is 0 Å². The predicted octanol–water partition coefficient (Wildman–Crippen LogP) is 1.22. The van der Waals surface area contributed by atoms with Crippen LogP contribution in [0.4, 0.5) is 0 Å². The minimum atomic E-state index is -0.0524. The molecule has 0 radical (unpaired) electrons. The number of nitrogens with zero attached hydrogens (tertiary/aromatic N) is 4. The molecule has 0 amide bonds. The minimum Gasteiger partial charge on any atom is -0.339 e. The van der Waals surface area contributed by atoms with Crippen molar-refractivity contribution in [3.05, 3.63) is 34.6 Å². The highest BCUT2D eigenvalue weighted by Gasteiger charge is 2.11. The van der Waals surface area contributed by atoms with E-state index in [9.17, 15) is 4.79 Å². The van der Waals surface area contributed by atoms with Gasteiger partial charge in [-0.15, -0.1) is 0 Å². The Morgan fingerprint density at radius 3 is 2.59 bits per heavy atom. The van der Waals surface area contributed by atoms with Crippen molar-refractivity contribution >= 4 is 0 Å². The van der Waals surface area contributed by atoms with Crippen molar-refractivity contribution in [1.29, 1.82) is 0 Å². The van der Waals surface area contributed by atoms with E-state index in [-0.39, 0.29) is 11.6 Å². The van der Waals surface area contributed by atoms with Crippen LogP contribution in [0.25, 0.3) is 0 Å². The quantitative estimate of drug-likeness (QED) is 0.800. The summed E-state index contributed by atoms with van der Waals surface area (Å²) in [5, 5.41) is 3.85. The Morgan fingerprint density at radius 2 is 2.06 bits per heavy atom. The van der Waals surface area contributed by atoms with Crippen LogP contribution in [0.2, 0.25) is 0 Å². The predicted molar refractivity (Wildman–Crippen MR) is 61.9 cm³/mol. The molecule has 0 spiro atoms. The second kappa shape index (κ2) is 4.57. The Hall–Kier alpha value is -1.85. The van der Waals surface area contributed by atoms with E-state index in [0.29, 0.717) is 24.8 Å². The first-order valence-electron chi connectivity index (χ1n) is 5.70. The summed E-state index contributed by atoms with van der Waals surface area (Å²) in [5.74, 6) is 1.33. The average Bonchev–Trinajstić information content (AvgIpc) is 2.88. The molecule has 17 heavy (non-hydrogen) atoms. The van der Waals surface area contributed by atoms with Crippen LogP contribution in [0.5, 0.6) is 0 Å². The number of hydrogen-bond donors (Lipinski definition) is 0. The van der Waals surface area contributed by atoms with Gasteiger partial charge in [-0.05, 0) is 6.92 Å². The molecule has 0 aliphatic carbocycles. The lowest BCUT2D eigenvalue weighted by atomic mass is 10.2. The molecule has 0 aromatic carbocycles. The second-order valence-corrected chi connectivity index (χ2v) is 4.20. The first kappa shape index (κ1) is 11.6. The molecular formula is C11H16N4O2. The zero-order valence-electron chi connectivity index (χ0n) is 10.3. The molecule has 0 bridgehead atoms. The highest BCUT2D eigenvalue weighted by Crippen LogP contribution is 2.10. The largest absolute Gasteiger partial charge is 0.339 e. The lowest BCUT2D eigenvalue weighted by Crippen LogP contribution is -2.24. The average molecular weight is 236 g/mol. The van der Waals surface area contributed by atoms with E-state index in [4.69, 9.17) is 4.52 Å². The zero-order valence-corrected chi connectivity index (χ0v) is 10.3. The lowest BCUT2D eigenvalue weighted by Gasteiger charge is -1.96. The lowest BCUT2D eigenvalue weighted by molar-refractivity contribution is 0.359. The molecular weight excluding hydrogens is 220 g/mol. The zero-order chi connectivity index (χ0) is 12.4. The van der Waals surface area contributed by atoms with E-state index >= 15 is 0 Å². The van der Waals surface area contributed by atoms with E-state index in [1.54, 1.807) is 21.5 Å². The van der Waals surface area contributed by atoms with Gasteiger partial charge in [0.05, 0.1) is 6.54 Å². The molecule has 0 aliphatic heterocycles. The van der Waals surface area contributed by atoms with Crippen molar-refractivity contribution in [1.82, 2.24) is 19.3 Å². The van der Waals surface area contributed by atoms with Gasteiger partial charge in [0.1, 0.15) is 0 Å². The summed E-state index contributed by atoms with van der Waals surface area (Å²) in [5.41, 5.74) is -0.0524. The summed E-state index contributed by atoms with van der Waals surface area (Å²) in [6.07, 6.45) is 3.49. The third-order valence-electron chi connectivity index (χ3n) is 2.55. The Morgan fingerprint density at radius 1 is 1.35 bits per heavy atom. The molecule has 0 N–H and O–H groups in total. The molecule has 2 aromatic rings. The molecule has 0 saturated heterocycles. The van der Waals surface area contributed by atoms with Gasteiger partial charge in [0.2, 0.25) is 5.89 Å². The molecule has 6 heteroatoms. The van der Waals surface area contributed by atoms with Gasteiger partial charge in [-0.2, -0.15) is 4.98 Å². The Balaban J connectivity index is 2.19. The van der Waals surface area contributed by atoms with Gasteiger partial charge in [0.15, 0.2) is 5.82 Å². The summed E-state index contributed by atoms with van der Waals surface area (Å²) in [6, 6.07) is 0. The van der Waals surface area contributed by atoms with Crippen molar-refractivity contribution < 1.29 is 4.52 Å². The molecule has 0 atom stereocenters. The van der Waals surface area contributed by atoms with Crippen LogP contribution in [-0.4, -0.2) is 19.3 Å². The molecule has 0 fully saturated rings. The number of imidazole rings is 1. The number of aryl methyl sites for hydroxylation is 1. The van der Waals surface area contributed by atoms with Gasteiger partial charge in [-0.1, -0.05) is 19.0 Å². The summed E-state index contributed by atoms with van der Waals surface area (Å²) >= 11 is 0. The summed E-state index contributed by atoms with van der Waals surface area (Å²) < 4.78 is 8.28. The molecule has 92 valence electrons. The van der Waals surface area contributed by atoms with Gasteiger partial charge >= 0.3 is 5.69 Å². The number of rotatable bonds is 4. The van der Waals surface area contributed by atoms with Crippen molar-refractivity contribution in [2.75, 3.05) is 0 Å². The monoisotopic (exact) mass is 236 g/mol. The minimum absolute atomic E-state index is 0.0524. The smallest absolute Gasteiger partial charge is 0.328 e. The Kier molecular flexibility index (Phi) is 3.12. The number of aromatic nitrogens is 4. The van der Waals surface area contributed by atoms with E-state index in [1.165, 1.54) is 0 Å². The first-order chi connectivity index (χ1) is 8.11. The van der Waals surface area contributed by atoms with Crippen molar-refractivity contribution in [2.45, 2.75) is 39.8 Å². The maximum atomic E-state index is 11.8. The van der Waals surface area contributed by atoms with E-state index in [1.807, 2.05) is 20.8 Å². The van der Waals surface area contributed by atoms with Crippen LogP contribution in [-0.2, 0) is 13.1 Å². The highest BCUT2D eigenvalue weighted by molar-refractivity contribution is 4.93. The van der Waals surface area contributed by atoms with Gasteiger partial charge in [-0.3, -0.25) is 9.13 Å². The second-order valence-electron chi connectivity index (χ2n) is 4.20. The highest BCUT2D eigenvalue weighted by atomic mass is 16.5. The maximum absolute atomic E-state index is 11.8. The summed E-state index contributed by atoms with van der Waals surface area (Å²) in [7, 11) is 0. The standard InChI is InChI=1S/C11H16N4O2/c1-4-14-5-6-15(11(14)16)7-9-12-10(8(2)3)17-13-9/h5-6,8H,4,7H2,1-3H3. The van der Waals surface area contributed by atoms with E-state index in [0.717, 1.165) is 0 Å². The molecule has 6 nitrogen and oxygen atoms in total. The van der Waals surface area contributed by atoms with Gasteiger partial charge in [0, 0.05) is 24.9 Å². The van der Waals surface area contributed by atoms with Crippen LogP contribution >= 0.6 is 0 Å². The van der Waals surface area contributed by atoms with E-state index < -0.39 is 0 Å². The van der Waals surface area contributed by atoms with Crippen LogP contribution in [0.15, 0.2) is 21.7 Å². The van der Waals surface area contributed by atoms with Gasteiger partial charge < -0.3 is 4.52 Å². The first-order valence-corrected chi connectivity index (χ1v) is 5.70. The van der Waals surface area contributed by atoms with Gasteiger partial charge in [-0.25, -0.2) is 4.79 Å². The molecule has 2 aromatic heterocycles. The van der Waals surface area contributed by atoms with E-state index in [2.05, 4.69) is 10.1 Å². The van der Waals surface area contributed by atoms with Crippen LogP contribution < -0.4 is 5.69 Å². The molecule has 2 rings (SSSR count). The Bertz CT molecular complexity index is 550. The fourth-order valence-electron chi connectivity index (χ4n) is 1.53. The fraction of sp³-hybridized carbons (Fsp3) is 0.545. The molecule has 2 heterocycles. The molecule has 0 saturated carbocycles. The van der Waals surface area contributed by atoms with Crippen molar-refractivity contribution in [2.24, 2.45) is 0 Å². The Labute approximate surface area is 98.9 Å². The SMILES string of the molecule is CCn1ccn(Cc2noc(C(C)C)n2)c1=O. The summed E-state index contributed by atoms with van der Waals surface area (Å²) in [6.45, 7) is 6.91. The van der Waals surface area contributed by atoms with Crippen molar-refractivity contribution in [3.8, 4) is 0 Å². The van der Waals surface area contributed by atoms with Gasteiger partial charge in [0.25, 0.3) is 0 Å². The third kappa shape index (κ3) is 2.30. The summed E-state index contributed by atoms with van der Waals surface area (Å²) in [4.78, 5) is 16.0.